The highest BCUT2D eigenvalue weighted by Gasteiger charge is 2.35. The molecule has 0 atom stereocenters. The highest BCUT2D eigenvalue weighted by molar-refractivity contribution is 7.99. The summed E-state index contributed by atoms with van der Waals surface area (Å²) in [6.07, 6.45) is -4.87. The van der Waals surface area contributed by atoms with E-state index in [1.54, 1.807) is 4.40 Å². The number of fused-ring (bicyclic) bond motifs is 3. The summed E-state index contributed by atoms with van der Waals surface area (Å²) in [5, 5.41) is 22.6. The van der Waals surface area contributed by atoms with Crippen molar-refractivity contribution in [2.24, 2.45) is 0 Å². The molecule has 12 heteroatoms. The highest BCUT2D eigenvalue weighted by Crippen LogP contribution is 2.37. The van der Waals surface area contributed by atoms with Crippen LogP contribution >= 0.6 is 11.8 Å². The van der Waals surface area contributed by atoms with Crippen LogP contribution in [0.15, 0.2) is 53.7 Å². The Bertz CT molecular complexity index is 1370. The minimum atomic E-state index is -4.87. The molecule has 0 aliphatic carbocycles. The Morgan fingerprint density at radius 3 is 2.66 bits per heavy atom. The zero-order valence-electron chi connectivity index (χ0n) is 16.4. The molecule has 4 rings (SSSR count). The van der Waals surface area contributed by atoms with Crippen LogP contribution < -0.4 is 5.32 Å². The van der Waals surface area contributed by atoms with Crippen molar-refractivity contribution in [2.75, 3.05) is 11.1 Å². The fraction of sp³-hybridized carbons (Fsp3) is 0.150. The third-order valence-corrected chi connectivity index (χ3v) is 5.63. The second-order valence-electron chi connectivity index (χ2n) is 6.84. The number of nitro benzene ring substituents is 1. The van der Waals surface area contributed by atoms with Crippen molar-refractivity contribution in [3.05, 3.63) is 69.8 Å². The lowest BCUT2D eigenvalue weighted by molar-refractivity contribution is -0.385. The number of hydrogen-bond acceptors (Lipinski definition) is 6. The number of nitrogens with one attached hydrogen (secondary N) is 1. The lowest BCUT2D eigenvalue weighted by Gasteiger charge is -2.13. The van der Waals surface area contributed by atoms with Crippen molar-refractivity contribution >= 4 is 45.6 Å². The van der Waals surface area contributed by atoms with Crippen molar-refractivity contribution in [3.8, 4) is 0 Å². The molecule has 8 nitrogen and oxygen atoms in total. The third-order valence-electron chi connectivity index (χ3n) is 4.70. The van der Waals surface area contributed by atoms with Gasteiger partial charge in [0.2, 0.25) is 5.91 Å². The average molecular weight is 461 g/mol. The standard InChI is InChI=1S/C20H14F3N5O3S/c1-11-8-17-25-26-19(27(17)16-5-3-2-4-13(11)16)32-10-18(29)24-15-7-6-12(28(30)31)9-14(15)20(21,22)23/h2-9H,10H2,1H3,(H,24,29). The molecule has 32 heavy (non-hydrogen) atoms. The van der Waals surface area contributed by atoms with Gasteiger partial charge >= 0.3 is 6.18 Å². The predicted molar refractivity (Wildman–Crippen MR) is 113 cm³/mol. The number of carbonyl (C=O) groups is 1. The van der Waals surface area contributed by atoms with Gasteiger partial charge in [0.05, 0.1) is 27.4 Å². The van der Waals surface area contributed by atoms with Crippen molar-refractivity contribution in [1.82, 2.24) is 14.6 Å². The monoisotopic (exact) mass is 461 g/mol. The zero-order valence-corrected chi connectivity index (χ0v) is 17.2. The Morgan fingerprint density at radius 1 is 1.19 bits per heavy atom. The number of non-ortho nitro benzene ring substituents is 1. The quantitative estimate of drug-likeness (QED) is 0.259. The zero-order chi connectivity index (χ0) is 23.0. The van der Waals surface area contributed by atoms with Gasteiger partial charge in [0.25, 0.3) is 5.69 Å². The lowest BCUT2D eigenvalue weighted by atomic mass is 10.1. The Labute approximate surface area is 182 Å². The number of alkyl halides is 3. The summed E-state index contributed by atoms with van der Waals surface area (Å²) in [5.74, 6) is -0.959. The van der Waals surface area contributed by atoms with Crippen LogP contribution in [0.5, 0.6) is 0 Å². The van der Waals surface area contributed by atoms with Crippen molar-refractivity contribution in [2.45, 2.75) is 18.3 Å². The summed E-state index contributed by atoms with van der Waals surface area (Å²) in [5.41, 5.74) is -0.140. The number of aromatic nitrogens is 3. The van der Waals surface area contributed by atoms with Crippen LogP contribution in [0.4, 0.5) is 24.5 Å². The van der Waals surface area contributed by atoms with E-state index in [-0.39, 0.29) is 5.75 Å². The van der Waals surface area contributed by atoms with Gasteiger partial charge in [0, 0.05) is 17.5 Å². The molecule has 0 aliphatic heterocycles. The molecular formula is C20H14F3N5O3S. The summed E-state index contributed by atoms with van der Waals surface area (Å²) >= 11 is 1.01. The molecule has 2 heterocycles. The first kappa shape index (κ1) is 21.6. The van der Waals surface area contributed by atoms with E-state index >= 15 is 0 Å². The van der Waals surface area contributed by atoms with Crippen LogP contribution in [0.2, 0.25) is 0 Å². The Kier molecular flexibility index (Phi) is 5.46. The lowest BCUT2D eigenvalue weighted by Crippen LogP contribution is -2.18. The van der Waals surface area contributed by atoms with Crippen molar-refractivity contribution in [3.63, 3.8) is 0 Å². The van der Waals surface area contributed by atoms with Gasteiger partial charge in [-0.2, -0.15) is 13.2 Å². The number of rotatable bonds is 5. The molecule has 0 aliphatic rings. The van der Waals surface area contributed by atoms with E-state index in [0.29, 0.717) is 16.9 Å². The molecule has 0 fully saturated rings. The topological polar surface area (TPSA) is 102 Å². The van der Waals surface area contributed by atoms with Gasteiger partial charge in [0.15, 0.2) is 10.8 Å². The number of para-hydroxylation sites is 1. The Balaban J connectivity index is 1.57. The number of carbonyl (C=O) groups excluding carboxylic acids is 1. The number of aryl methyl sites for hydroxylation is 1. The SMILES string of the molecule is Cc1cc2nnc(SCC(=O)Nc3ccc([N+](=O)[O-])cc3C(F)(F)F)n2c2ccccc12. The molecule has 0 saturated carbocycles. The fourth-order valence-corrected chi connectivity index (χ4v) is 4.03. The first-order valence-corrected chi connectivity index (χ1v) is 10.2. The molecular weight excluding hydrogens is 447 g/mol. The summed E-state index contributed by atoms with van der Waals surface area (Å²) < 4.78 is 41.7. The van der Waals surface area contributed by atoms with Crippen molar-refractivity contribution < 1.29 is 22.9 Å². The normalized spacial score (nSPS) is 11.8. The summed E-state index contributed by atoms with van der Waals surface area (Å²) in [6.45, 7) is 1.94. The summed E-state index contributed by atoms with van der Waals surface area (Å²) in [6, 6.07) is 11.6. The third kappa shape index (κ3) is 4.08. The molecule has 0 radical (unpaired) electrons. The molecule has 1 amide bonds. The maximum absolute atomic E-state index is 13.3. The van der Waals surface area contributed by atoms with Gasteiger partial charge in [-0.25, -0.2) is 0 Å². The number of anilines is 1. The van der Waals surface area contributed by atoms with Gasteiger partial charge in [-0.3, -0.25) is 19.3 Å². The van der Waals surface area contributed by atoms with Crippen LogP contribution in [0.1, 0.15) is 11.1 Å². The number of nitro groups is 1. The van der Waals surface area contributed by atoms with Gasteiger partial charge in [-0.15, -0.1) is 10.2 Å². The minimum absolute atomic E-state index is 0.239. The summed E-state index contributed by atoms with van der Waals surface area (Å²) in [7, 11) is 0. The first-order chi connectivity index (χ1) is 15.1. The molecule has 164 valence electrons. The van der Waals surface area contributed by atoms with Gasteiger partial charge in [-0.05, 0) is 30.7 Å². The largest absolute Gasteiger partial charge is 0.418 e. The van der Waals surface area contributed by atoms with E-state index in [9.17, 15) is 28.1 Å². The van der Waals surface area contributed by atoms with Crippen LogP contribution in [-0.4, -0.2) is 31.2 Å². The number of amides is 1. The van der Waals surface area contributed by atoms with E-state index in [1.165, 1.54) is 0 Å². The van der Waals surface area contributed by atoms with E-state index in [0.717, 1.165) is 40.4 Å². The Morgan fingerprint density at radius 2 is 1.94 bits per heavy atom. The smallest absolute Gasteiger partial charge is 0.325 e. The predicted octanol–water partition coefficient (Wildman–Crippen LogP) is 4.85. The Hall–Kier alpha value is -3.67. The fourth-order valence-electron chi connectivity index (χ4n) is 3.27. The van der Waals surface area contributed by atoms with E-state index in [4.69, 9.17) is 0 Å². The number of nitrogens with zero attached hydrogens (tertiary/aromatic N) is 4. The van der Waals surface area contributed by atoms with Crippen LogP contribution in [0.25, 0.3) is 16.6 Å². The van der Waals surface area contributed by atoms with Crippen LogP contribution in [-0.2, 0) is 11.0 Å². The molecule has 2 aromatic heterocycles. The second kappa shape index (κ2) is 8.11. The van der Waals surface area contributed by atoms with Crippen molar-refractivity contribution in [1.29, 1.82) is 0 Å². The highest BCUT2D eigenvalue weighted by atomic mass is 32.2. The molecule has 2 aromatic carbocycles. The second-order valence-corrected chi connectivity index (χ2v) is 7.78. The van der Waals surface area contributed by atoms with E-state index < -0.39 is 33.9 Å². The molecule has 4 aromatic rings. The van der Waals surface area contributed by atoms with E-state index in [2.05, 4.69) is 15.5 Å². The number of pyridine rings is 1. The van der Waals surface area contributed by atoms with Crippen LogP contribution in [0.3, 0.4) is 0 Å². The molecule has 0 unspecified atom stereocenters. The van der Waals surface area contributed by atoms with Gasteiger partial charge in [0.1, 0.15) is 0 Å². The molecule has 0 saturated heterocycles. The first-order valence-electron chi connectivity index (χ1n) is 9.17. The number of hydrogen-bond donors (Lipinski definition) is 1. The van der Waals surface area contributed by atoms with Gasteiger partial charge < -0.3 is 5.32 Å². The maximum atomic E-state index is 13.3. The number of thioether (sulfide) groups is 1. The van der Waals surface area contributed by atoms with Gasteiger partial charge in [-0.1, -0.05) is 30.0 Å². The molecule has 1 N–H and O–H groups in total. The minimum Gasteiger partial charge on any atom is -0.325 e. The van der Waals surface area contributed by atoms with E-state index in [1.807, 2.05) is 37.3 Å². The van der Waals surface area contributed by atoms with Crippen LogP contribution in [0, 0.1) is 17.0 Å². The average Bonchev–Trinajstić information content (AvgIpc) is 3.14. The molecule has 0 spiro atoms. The number of benzene rings is 2. The number of halogens is 3. The summed E-state index contributed by atoms with van der Waals surface area (Å²) in [4.78, 5) is 22.2. The maximum Gasteiger partial charge on any atom is 0.418 e. The molecule has 0 bridgehead atoms.